The lowest BCUT2D eigenvalue weighted by Gasteiger charge is -2.23. The molecule has 2 heterocycles. The molecule has 0 aliphatic carbocycles. The van der Waals surface area contributed by atoms with Gasteiger partial charge in [-0.1, -0.05) is 12.8 Å². The number of hydrogen-bond donors (Lipinski definition) is 13. The summed E-state index contributed by atoms with van der Waals surface area (Å²) in [4.78, 5) is 123. The number of fused-ring (bicyclic) bond motifs is 1. The Morgan fingerprint density at radius 3 is 2.13 bits per heavy atom. The second-order valence-corrected chi connectivity index (χ2v) is 16.0. The Hall–Kier alpha value is -5.23. The Balaban J connectivity index is 1.68. The van der Waals surface area contributed by atoms with Crippen LogP contribution in [0.4, 0.5) is 4.79 Å². The van der Waals surface area contributed by atoms with Crippen molar-refractivity contribution in [2.24, 2.45) is 23.1 Å². The molecule has 7 atom stereocenters. The molecule has 2 aliphatic heterocycles. The van der Waals surface area contributed by atoms with Crippen molar-refractivity contribution in [1.29, 1.82) is 0 Å². The van der Waals surface area contributed by atoms with Gasteiger partial charge in [-0.3, -0.25) is 48.4 Å². The highest BCUT2D eigenvalue weighted by Gasteiger charge is 2.42. The number of unbranched alkanes of at least 4 members (excludes halogenated alkanes) is 3. The maximum Gasteiger partial charge on any atom is 0.315 e. The van der Waals surface area contributed by atoms with E-state index in [-0.39, 0.29) is 56.1 Å². The monoisotopic (exact) mass is 870 g/mol. The van der Waals surface area contributed by atoms with Gasteiger partial charge in [0.05, 0.1) is 25.2 Å². The first-order valence-electron chi connectivity index (χ1n) is 20.1. The van der Waals surface area contributed by atoms with Crippen molar-refractivity contribution in [3.63, 3.8) is 0 Å². The summed E-state index contributed by atoms with van der Waals surface area (Å²) in [6.07, 6.45) is 4.37. The molecular formula is C36H62N12O11S. The Kier molecular flexibility index (Phi) is 23.3. The van der Waals surface area contributed by atoms with Crippen LogP contribution in [0.25, 0.3) is 0 Å². The molecule has 0 aromatic carbocycles. The minimum atomic E-state index is -1.33. The van der Waals surface area contributed by atoms with Gasteiger partial charge in [0.1, 0.15) is 18.1 Å². The third-order valence-electron chi connectivity index (χ3n) is 9.87. The number of hydrogen-bond acceptors (Lipinski definition) is 13. The standard InChI is InChI=1S/C36H62N12O11S/c1-20(43-35(57)23(12-13-26(38)49)45-34(56)21(8-4-6-14-37)16-28(51)48-59)33(55)42-17-29(52)41-18-30(53)44-22(32(39)54)9-5-7-15-40-27(50)11-3-2-10-25-31-24(19-60-25)46-36(58)47-31/h20-25,31,59H,2-19,37H2,1H3,(H2,38,49)(H2,39,54)(H,40,50)(H,41,52)(H,42,55)(H,43,57)(H,44,53)(H,45,56)(H,48,51)(H2,46,47,58)/t20-,21?,22-,23-,24-,25-,31-/m0/s1. The van der Waals surface area contributed by atoms with Gasteiger partial charge in [-0.15, -0.1) is 0 Å². The molecule has 11 amide bonds. The molecule has 2 rings (SSSR count). The highest BCUT2D eigenvalue weighted by atomic mass is 32.2. The molecule has 1 unspecified atom stereocenters. The zero-order valence-corrected chi connectivity index (χ0v) is 34.8. The number of hydroxylamine groups is 1. The first kappa shape index (κ1) is 50.9. The summed E-state index contributed by atoms with van der Waals surface area (Å²) >= 11 is 1.83. The summed E-state index contributed by atoms with van der Waals surface area (Å²) in [6.45, 7) is 0.889. The van der Waals surface area contributed by atoms with E-state index in [1.165, 1.54) is 12.4 Å². The summed E-state index contributed by atoms with van der Waals surface area (Å²) in [7, 11) is 0. The van der Waals surface area contributed by atoms with E-state index in [0.29, 0.717) is 50.4 Å². The fourth-order valence-corrected chi connectivity index (χ4v) is 8.05. The molecule has 2 saturated heterocycles. The molecule has 0 spiro atoms. The SMILES string of the molecule is C[C@H](NC(=O)[C@H](CCC(N)=O)NC(=O)C(CCCCN)CC(=O)NO)C(=O)NCC(=O)NCC(=O)N[C@@H](CCCCNC(=O)CCCC[C@@H]1SC[C@@H]2NC(=O)N[C@@H]21)C(N)=O. The normalized spacial score (nSPS) is 18.5. The average Bonchev–Trinajstić information content (AvgIpc) is 3.76. The van der Waals surface area contributed by atoms with E-state index >= 15 is 0 Å². The van der Waals surface area contributed by atoms with Crippen LogP contribution in [-0.4, -0.2) is 132 Å². The van der Waals surface area contributed by atoms with Crippen LogP contribution in [0.5, 0.6) is 0 Å². The number of primary amides is 2. The van der Waals surface area contributed by atoms with Gasteiger partial charge in [0.2, 0.25) is 53.2 Å². The first-order chi connectivity index (χ1) is 28.5. The average molecular weight is 871 g/mol. The summed E-state index contributed by atoms with van der Waals surface area (Å²) in [5, 5.41) is 29.9. The van der Waals surface area contributed by atoms with Crippen molar-refractivity contribution in [2.75, 3.05) is 31.9 Å². The molecule has 2 fully saturated rings. The zero-order valence-electron chi connectivity index (χ0n) is 33.9. The fourth-order valence-electron chi connectivity index (χ4n) is 6.51. The molecule has 60 heavy (non-hydrogen) atoms. The lowest BCUT2D eigenvalue weighted by Crippen LogP contribution is -2.54. The number of amides is 11. The van der Waals surface area contributed by atoms with Crippen LogP contribution in [0.15, 0.2) is 0 Å². The third kappa shape index (κ3) is 19.7. The molecule has 2 aliphatic rings. The summed E-state index contributed by atoms with van der Waals surface area (Å²) < 4.78 is 0. The summed E-state index contributed by atoms with van der Waals surface area (Å²) in [6, 6.07) is -3.42. The van der Waals surface area contributed by atoms with E-state index in [1.54, 1.807) is 0 Å². The summed E-state index contributed by atoms with van der Waals surface area (Å²) in [5.74, 6) is -6.37. The van der Waals surface area contributed by atoms with Crippen LogP contribution in [-0.2, 0) is 43.2 Å². The quantitative estimate of drug-likeness (QED) is 0.0142. The van der Waals surface area contributed by atoms with Crippen LogP contribution in [0.1, 0.15) is 90.4 Å². The van der Waals surface area contributed by atoms with Crippen LogP contribution in [0.3, 0.4) is 0 Å². The van der Waals surface area contributed by atoms with E-state index in [4.69, 9.17) is 22.4 Å². The van der Waals surface area contributed by atoms with E-state index in [2.05, 4.69) is 42.5 Å². The van der Waals surface area contributed by atoms with Gasteiger partial charge in [0, 0.05) is 42.7 Å². The van der Waals surface area contributed by atoms with Gasteiger partial charge >= 0.3 is 6.03 Å². The molecule has 0 radical (unpaired) electrons. The Morgan fingerprint density at radius 2 is 1.45 bits per heavy atom. The molecule has 23 nitrogen and oxygen atoms in total. The number of nitrogens with two attached hydrogens (primary N) is 3. The lowest BCUT2D eigenvalue weighted by molar-refractivity contribution is -0.137. The number of carbonyl (C=O) groups excluding carboxylic acids is 10. The Labute approximate surface area is 352 Å². The molecule has 0 saturated carbocycles. The number of thioether (sulfide) groups is 1. The second kappa shape index (κ2) is 27.5. The maximum atomic E-state index is 13.1. The molecular weight excluding hydrogens is 809 g/mol. The van der Waals surface area contributed by atoms with E-state index in [1.807, 2.05) is 11.8 Å². The topological polar surface area (TPSA) is 377 Å². The smallest absolute Gasteiger partial charge is 0.315 e. The van der Waals surface area contributed by atoms with Crippen LogP contribution in [0.2, 0.25) is 0 Å². The van der Waals surface area contributed by atoms with Crippen LogP contribution >= 0.6 is 11.8 Å². The minimum Gasteiger partial charge on any atom is -0.370 e. The van der Waals surface area contributed by atoms with E-state index < -0.39 is 84.4 Å². The van der Waals surface area contributed by atoms with Crippen LogP contribution < -0.4 is 65.2 Å². The van der Waals surface area contributed by atoms with E-state index in [0.717, 1.165) is 25.0 Å². The van der Waals surface area contributed by atoms with Crippen molar-refractivity contribution >= 4 is 71.0 Å². The van der Waals surface area contributed by atoms with Gasteiger partial charge < -0.3 is 59.7 Å². The molecule has 0 bridgehead atoms. The predicted molar refractivity (Wildman–Crippen MR) is 217 cm³/mol. The van der Waals surface area contributed by atoms with Crippen molar-refractivity contribution in [3.8, 4) is 0 Å². The van der Waals surface area contributed by atoms with Crippen molar-refractivity contribution in [2.45, 2.75) is 126 Å². The number of carbonyl (C=O) groups is 10. The van der Waals surface area contributed by atoms with Crippen LogP contribution in [0, 0.1) is 5.92 Å². The lowest BCUT2D eigenvalue weighted by atomic mass is 9.96. The summed E-state index contributed by atoms with van der Waals surface area (Å²) in [5.41, 5.74) is 17.6. The van der Waals surface area contributed by atoms with Gasteiger partial charge in [-0.05, 0) is 64.8 Å². The largest absolute Gasteiger partial charge is 0.370 e. The zero-order chi connectivity index (χ0) is 44.6. The van der Waals surface area contributed by atoms with Gasteiger partial charge in [0.25, 0.3) is 0 Å². The van der Waals surface area contributed by atoms with E-state index in [9.17, 15) is 47.9 Å². The van der Waals surface area contributed by atoms with Gasteiger partial charge in [0.15, 0.2) is 0 Å². The highest BCUT2D eigenvalue weighted by molar-refractivity contribution is 8.00. The van der Waals surface area contributed by atoms with Gasteiger partial charge in [-0.2, -0.15) is 11.8 Å². The minimum absolute atomic E-state index is 0.0895. The molecule has 338 valence electrons. The number of rotatable bonds is 30. The maximum absolute atomic E-state index is 13.1. The second-order valence-electron chi connectivity index (χ2n) is 14.7. The molecule has 16 N–H and O–H groups in total. The highest BCUT2D eigenvalue weighted by Crippen LogP contribution is 2.33. The predicted octanol–water partition coefficient (Wildman–Crippen LogP) is -3.90. The Morgan fingerprint density at radius 1 is 0.733 bits per heavy atom. The number of urea groups is 1. The molecule has 0 aromatic heterocycles. The van der Waals surface area contributed by atoms with Crippen molar-refractivity contribution in [3.05, 3.63) is 0 Å². The first-order valence-corrected chi connectivity index (χ1v) is 21.2. The van der Waals surface area contributed by atoms with Crippen molar-refractivity contribution in [1.82, 2.24) is 48.0 Å². The fraction of sp³-hybridized carbons (Fsp3) is 0.722. The number of nitrogens with one attached hydrogen (secondary N) is 9. The molecule has 0 aromatic rings. The Bertz CT molecular complexity index is 1520. The van der Waals surface area contributed by atoms with Gasteiger partial charge in [-0.25, -0.2) is 10.3 Å². The van der Waals surface area contributed by atoms with Crippen molar-refractivity contribution < 1.29 is 53.2 Å². The molecule has 24 heteroatoms. The third-order valence-corrected chi connectivity index (χ3v) is 11.4.